The first-order valence-corrected chi connectivity index (χ1v) is 13.9. The number of thiazole rings is 1. The number of halogens is 5. The summed E-state index contributed by atoms with van der Waals surface area (Å²) in [5, 5.41) is 12.2. The molecule has 2 N–H and O–H groups in total. The molecule has 1 amide bonds. The Morgan fingerprint density at radius 3 is 2.42 bits per heavy atom. The smallest absolute Gasteiger partial charge is 0.402 e. The van der Waals surface area contributed by atoms with Gasteiger partial charge in [-0.05, 0) is 24.2 Å². The Bertz CT molecular complexity index is 1610. The summed E-state index contributed by atoms with van der Waals surface area (Å²) >= 11 is 0.203. The summed E-state index contributed by atoms with van der Waals surface area (Å²) in [6.45, 7) is 0.958. The fourth-order valence-corrected chi connectivity index (χ4v) is 6.11. The van der Waals surface area contributed by atoms with Crippen molar-refractivity contribution in [3.05, 3.63) is 70.7 Å². The second-order valence-electron chi connectivity index (χ2n) is 9.86. The van der Waals surface area contributed by atoms with Crippen LogP contribution in [0.2, 0.25) is 0 Å². The summed E-state index contributed by atoms with van der Waals surface area (Å²) in [6, 6.07) is 16.2. The van der Waals surface area contributed by atoms with Crippen LogP contribution in [-0.2, 0) is 15.5 Å². The van der Waals surface area contributed by atoms with Gasteiger partial charge in [-0.15, -0.1) is 5.10 Å². The molecule has 0 spiro atoms. The van der Waals surface area contributed by atoms with Crippen molar-refractivity contribution in [3.8, 4) is 11.6 Å². The van der Waals surface area contributed by atoms with Crippen LogP contribution in [0.25, 0.3) is 11.6 Å². The third kappa shape index (κ3) is 5.41. The lowest BCUT2D eigenvalue weighted by atomic mass is 9.96. The molecule has 2 aliphatic heterocycles. The molecule has 2 aliphatic rings. The molecule has 2 aromatic carbocycles. The van der Waals surface area contributed by atoms with Gasteiger partial charge in [0.1, 0.15) is 5.00 Å². The van der Waals surface area contributed by atoms with Gasteiger partial charge >= 0.3 is 18.1 Å². The van der Waals surface area contributed by atoms with Gasteiger partial charge < -0.3 is 24.7 Å². The second-order valence-corrected chi connectivity index (χ2v) is 10.8. The van der Waals surface area contributed by atoms with Gasteiger partial charge in [0.2, 0.25) is 0 Å². The molecule has 1 saturated heterocycles. The average Bonchev–Trinajstić information content (AvgIpc) is 3.63. The van der Waals surface area contributed by atoms with E-state index < -0.39 is 29.2 Å². The van der Waals surface area contributed by atoms with Crippen molar-refractivity contribution in [2.75, 3.05) is 48.9 Å². The maximum absolute atomic E-state index is 14.3. The minimum atomic E-state index is -5.85. The highest BCUT2D eigenvalue weighted by atomic mass is 32.1. The third-order valence-electron chi connectivity index (χ3n) is 7.11. The molecule has 6 rings (SSSR count). The van der Waals surface area contributed by atoms with E-state index in [4.69, 9.17) is 9.15 Å². The molecule has 2 atom stereocenters. The van der Waals surface area contributed by atoms with E-state index >= 15 is 0 Å². The van der Waals surface area contributed by atoms with Crippen molar-refractivity contribution in [2.24, 2.45) is 0 Å². The Morgan fingerprint density at radius 1 is 1.00 bits per heavy atom. The molecule has 226 valence electrons. The number of para-hydroxylation sites is 1. The third-order valence-corrected chi connectivity index (χ3v) is 8.30. The van der Waals surface area contributed by atoms with Crippen LogP contribution < -0.4 is 15.5 Å². The fourth-order valence-electron chi connectivity index (χ4n) is 5.00. The van der Waals surface area contributed by atoms with E-state index in [1.165, 1.54) is 0 Å². The topological polar surface area (TPSA) is 109 Å². The van der Waals surface area contributed by atoms with Gasteiger partial charge in [0, 0.05) is 18.8 Å². The lowest BCUT2D eigenvalue weighted by Crippen LogP contribution is -2.47. The van der Waals surface area contributed by atoms with E-state index in [1.54, 1.807) is 29.0 Å². The molecular weight excluding hydrogens is 597 g/mol. The van der Waals surface area contributed by atoms with Crippen molar-refractivity contribution in [1.82, 2.24) is 20.1 Å². The molecule has 0 saturated carbocycles. The van der Waals surface area contributed by atoms with E-state index in [0.717, 1.165) is 11.1 Å². The number of carbonyl (C=O) groups excluding carboxylic acids is 1. The number of morpholine rings is 1. The number of rotatable bonds is 6. The Balaban J connectivity index is 1.34. The number of alkyl halides is 5. The van der Waals surface area contributed by atoms with Gasteiger partial charge in [-0.2, -0.15) is 22.0 Å². The molecule has 16 heteroatoms. The first-order valence-electron chi connectivity index (χ1n) is 13.1. The van der Waals surface area contributed by atoms with Crippen LogP contribution in [-0.4, -0.2) is 71.7 Å². The maximum Gasteiger partial charge on any atom is 0.460 e. The van der Waals surface area contributed by atoms with Crippen LogP contribution in [0.4, 0.5) is 38.7 Å². The van der Waals surface area contributed by atoms with Crippen molar-refractivity contribution in [1.29, 1.82) is 0 Å². The highest BCUT2D eigenvalue weighted by Crippen LogP contribution is 2.49. The second kappa shape index (κ2) is 11.2. The molecule has 4 aromatic rings. The SMILES string of the molecule is CN1C(Nc2nnc(-c3nc(C(F)(F)C(F)(F)F)sc3N3CCOCC3)o2)C(=O)Nc2ccccc2C1c1ccccc1. The molecule has 43 heavy (non-hydrogen) atoms. The normalized spacial score (nSPS) is 20.0. The predicted molar refractivity (Wildman–Crippen MR) is 147 cm³/mol. The zero-order valence-corrected chi connectivity index (χ0v) is 23.3. The van der Waals surface area contributed by atoms with Gasteiger partial charge in [-0.25, -0.2) is 4.98 Å². The number of aromatic nitrogens is 3. The molecule has 2 unspecified atom stereocenters. The summed E-state index contributed by atoms with van der Waals surface area (Å²) in [7, 11) is 1.73. The zero-order valence-electron chi connectivity index (χ0n) is 22.4. The van der Waals surface area contributed by atoms with Crippen LogP contribution in [0, 0.1) is 0 Å². The summed E-state index contributed by atoms with van der Waals surface area (Å²) in [4.78, 5) is 20.4. The van der Waals surface area contributed by atoms with E-state index in [0.29, 0.717) is 5.69 Å². The minimum absolute atomic E-state index is 0.0151. The largest absolute Gasteiger partial charge is 0.460 e. The number of hydrogen-bond acceptors (Lipinski definition) is 10. The van der Waals surface area contributed by atoms with E-state index in [1.807, 2.05) is 42.5 Å². The summed E-state index contributed by atoms with van der Waals surface area (Å²) in [5.74, 6) is -6.02. The van der Waals surface area contributed by atoms with E-state index in [2.05, 4.69) is 25.8 Å². The lowest BCUT2D eigenvalue weighted by molar-refractivity contribution is -0.289. The number of nitrogens with zero attached hydrogens (tertiary/aromatic N) is 5. The van der Waals surface area contributed by atoms with Crippen LogP contribution in [0.15, 0.2) is 59.0 Å². The first kappa shape index (κ1) is 28.9. The maximum atomic E-state index is 14.3. The lowest BCUT2D eigenvalue weighted by Gasteiger charge is -2.32. The summed E-state index contributed by atoms with van der Waals surface area (Å²) in [5.41, 5.74) is 2.04. The van der Waals surface area contributed by atoms with Crippen LogP contribution >= 0.6 is 11.3 Å². The number of benzene rings is 2. The highest BCUT2D eigenvalue weighted by Gasteiger charge is 2.61. The number of fused-ring (bicyclic) bond motifs is 1. The van der Waals surface area contributed by atoms with E-state index in [-0.39, 0.29) is 66.3 Å². The number of ether oxygens (including phenoxy) is 1. The average molecular weight is 622 g/mol. The van der Waals surface area contributed by atoms with Crippen LogP contribution in [0.5, 0.6) is 0 Å². The van der Waals surface area contributed by atoms with Gasteiger partial charge in [-0.3, -0.25) is 9.69 Å². The Labute approximate surface area is 245 Å². The minimum Gasteiger partial charge on any atom is -0.402 e. The van der Waals surface area contributed by atoms with Crippen molar-refractivity contribution >= 4 is 33.9 Å². The van der Waals surface area contributed by atoms with Crippen molar-refractivity contribution in [3.63, 3.8) is 0 Å². The standard InChI is InChI=1S/C27H24F5N7O3S/c1-38-19(15-7-3-2-4-8-15)16-9-5-6-10-17(16)33-21(40)20(38)35-25-37-36-22(42-25)18-23(39-11-13-41-14-12-39)43-24(34-18)26(28,29)27(30,31)32/h2-10,19-20H,11-14H2,1H3,(H,33,40)(H,35,37). The number of likely N-dealkylation sites (N-methyl/N-ethyl adjacent to an activating group) is 1. The number of nitrogens with one attached hydrogen (secondary N) is 2. The fraction of sp³-hybridized carbons (Fsp3) is 0.333. The molecule has 2 aromatic heterocycles. The monoisotopic (exact) mass is 621 g/mol. The molecule has 4 heterocycles. The summed E-state index contributed by atoms with van der Waals surface area (Å²) in [6.07, 6.45) is -6.90. The van der Waals surface area contributed by atoms with Gasteiger partial charge in [0.15, 0.2) is 16.9 Å². The van der Waals surface area contributed by atoms with Crippen LogP contribution in [0.3, 0.4) is 0 Å². The zero-order chi connectivity index (χ0) is 30.4. The Kier molecular flexibility index (Phi) is 7.52. The predicted octanol–water partition coefficient (Wildman–Crippen LogP) is 5.10. The molecule has 0 radical (unpaired) electrons. The summed E-state index contributed by atoms with van der Waals surface area (Å²) < 4.78 is 79.2. The van der Waals surface area contributed by atoms with E-state index in [9.17, 15) is 26.7 Å². The van der Waals surface area contributed by atoms with Crippen LogP contribution in [0.1, 0.15) is 22.2 Å². The molecular formula is C27H24F5N7O3S. The Morgan fingerprint density at radius 2 is 1.70 bits per heavy atom. The number of anilines is 3. The van der Waals surface area contributed by atoms with Gasteiger partial charge in [0.05, 0.1) is 19.3 Å². The molecule has 10 nitrogen and oxygen atoms in total. The Hall–Kier alpha value is -4.15. The highest BCUT2D eigenvalue weighted by molar-refractivity contribution is 7.16. The number of amides is 1. The molecule has 0 aliphatic carbocycles. The van der Waals surface area contributed by atoms with Gasteiger partial charge in [0.25, 0.3) is 11.8 Å². The number of carbonyl (C=O) groups is 1. The molecule has 0 bridgehead atoms. The van der Waals surface area contributed by atoms with Crippen molar-refractivity contribution < 1.29 is 35.9 Å². The molecule has 1 fully saturated rings. The number of hydrogen-bond donors (Lipinski definition) is 2. The van der Waals surface area contributed by atoms with Gasteiger partial charge in [-0.1, -0.05) is 65.0 Å². The quantitative estimate of drug-likeness (QED) is 0.285. The first-order chi connectivity index (χ1) is 20.5. The van der Waals surface area contributed by atoms with Crippen molar-refractivity contribution in [2.45, 2.75) is 24.3 Å².